The van der Waals surface area contributed by atoms with Crippen molar-refractivity contribution < 1.29 is 4.74 Å². The van der Waals surface area contributed by atoms with Gasteiger partial charge in [-0.05, 0) is 18.4 Å². The van der Waals surface area contributed by atoms with Crippen molar-refractivity contribution in [3.05, 3.63) is 24.3 Å². The molecule has 0 fully saturated rings. The molecule has 0 unspecified atom stereocenters. The lowest BCUT2D eigenvalue weighted by Crippen LogP contribution is -2.10. The van der Waals surface area contributed by atoms with E-state index in [-0.39, 0.29) is 0 Å². The Morgan fingerprint density at radius 1 is 1.31 bits per heavy atom. The summed E-state index contributed by atoms with van der Waals surface area (Å²) in [5.41, 5.74) is 0.714. The number of hydrogen-bond acceptors (Lipinski definition) is 1. The van der Waals surface area contributed by atoms with Gasteiger partial charge in [0.2, 0.25) is 0 Å². The quantitative estimate of drug-likeness (QED) is 0.633. The smallest absolute Gasteiger partial charge is 0.119 e. The Morgan fingerprint density at radius 2 is 2.00 bits per heavy atom. The summed E-state index contributed by atoms with van der Waals surface area (Å²) in [6.07, 6.45) is 1.06. The van der Waals surface area contributed by atoms with Gasteiger partial charge < -0.3 is 4.74 Å². The Balaban J connectivity index is 2.41. The molecule has 0 heterocycles. The Bertz CT molecular complexity index is 258. The number of ether oxygens (including phenoxy) is 1. The first-order valence-electron chi connectivity index (χ1n) is 4.67. The Kier molecular flexibility index (Phi) is 3.87. The fourth-order valence-electron chi connectivity index (χ4n) is 1.02. The summed E-state index contributed by atoms with van der Waals surface area (Å²) in [5, 5.41) is 0. The van der Waals surface area contributed by atoms with E-state index >= 15 is 0 Å². The van der Waals surface area contributed by atoms with Crippen LogP contribution in [0.25, 0.3) is 0 Å². The highest BCUT2D eigenvalue weighted by Crippen LogP contribution is 2.07. The van der Waals surface area contributed by atoms with Gasteiger partial charge in [-0.2, -0.15) is 0 Å². The zero-order valence-corrected chi connectivity index (χ0v) is 8.29. The zero-order valence-electron chi connectivity index (χ0n) is 8.29. The van der Waals surface area contributed by atoms with E-state index in [4.69, 9.17) is 12.6 Å². The highest BCUT2D eigenvalue weighted by molar-refractivity contribution is 6.34. The third-order valence-electron chi connectivity index (χ3n) is 1.87. The molecule has 68 valence electrons. The SMILES string of the molecule is [B]c1ccccc1OCCC(C)C. The molecule has 0 atom stereocenters. The van der Waals surface area contributed by atoms with Crippen molar-refractivity contribution in [2.45, 2.75) is 20.3 Å². The van der Waals surface area contributed by atoms with Crippen LogP contribution in [0.2, 0.25) is 0 Å². The molecule has 0 saturated heterocycles. The maximum Gasteiger partial charge on any atom is 0.119 e. The van der Waals surface area contributed by atoms with Crippen LogP contribution >= 0.6 is 0 Å². The topological polar surface area (TPSA) is 9.23 Å². The molecule has 0 N–H and O–H groups in total. The summed E-state index contributed by atoms with van der Waals surface area (Å²) in [5.74, 6) is 1.47. The van der Waals surface area contributed by atoms with E-state index in [0.29, 0.717) is 11.4 Å². The molecule has 13 heavy (non-hydrogen) atoms. The predicted molar refractivity (Wildman–Crippen MR) is 56.8 cm³/mol. The molecule has 1 aromatic carbocycles. The first-order chi connectivity index (χ1) is 6.20. The fraction of sp³-hybridized carbons (Fsp3) is 0.455. The van der Waals surface area contributed by atoms with Gasteiger partial charge in [-0.1, -0.05) is 37.5 Å². The van der Waals surface area contributed by atoms with Gasteiger partial charge in [0.05, 0.1) is 6.61 Å². The van der Waals surface area contributed by atoms with Crippen LogP contribution in [-0.2, 0) is 0 Å². The number of rotatable bonds is 4. The molecule has 2 radical (unpaired) electrons. The monoisotopic (exact) mass is 174 g/mol. The number of benzene rings is 1. The highest BCUT2D eigenvalue weighted by atomic mass is 16.5. The molecule has 0 aliphatic carbocycles. The van der Waals surface area contributed by atoms with Crippen LogP contribution in [0.4, 0.5) is 0 Å². The summed E-state index contributed by atoms with van der Waals surface area (Å²) in [6, 6.07) is 7.59. The average molecular weight is 174 g/mol. The third-order valence-corrected chi connectivity index (χ3v) is 1.87. The molecule has 0 amide bonds. The molecular weight excluding hydrogens is 159 g/mol. The van der Waals surface area contributed by atoms with Gasteiger partial charge in [0.25, 0.3) is 0 Å². The van der Waals surface area contributed by atoms with Crippen LogP contribution in [0.3, 0.4) is 0 Å². The van der Waals surface area contributed by atoms with Gasteiger partial charge in [0.15, 0.2) is 0 Å². The highest BCUT2D eigenvalue weighted by Gasteiger charge is 1.98. The maximum absolute atomic E-state index is 5.71. The normalized spacial score (nSPS) is 10.4. The van der Waals surface area contributed by atoms with Gasteiger partial charge in [-0.15, -0.1) is 0 Å². The van der Waals surface area contributed by atoms with Crippen molar-refractivity contribution in [1.82, 2.24) is 0 Å². The van der Waals surface area contributed by atoms with Crippen molar-refractivity contribution >= 4 is 13.3 Å². The fourth-order valence-corrected chi connectivity index (χ4v) is 1.02. The molecule has 1 nitrogen and oxygen atoms in total. The van der Waals surface area contributed by atoms with E-state index in [2.05, 4.69) is 13.8 Å². The van der Waals surface area contributed by atoms with Crippen LogP contribution in [0, 0.1) is 5.92 Å². The third kappa shape index (κ3) is 3.54. The van der Waals surface area contributed by atoms with E-state index in [1.54, 1.807) is 0 Å². The van der Waals surface area contributed by atoms with Crippen LogP contribution < -0.4 is 10.2 Å². The summed E-state index contributed by atoms with van der Waals surface area (Å²) in [4.78, 5) is 0. The van der Waals surface area contributed by atoms with Crippen molar-refractivity contribution in [2.24, 2.45) is 5.92 Å². The number of hydrogen-bond donors (Lipinski definition) is 0. The molecular formula is C11H15BO. The lowest BCUT2D eigenvalue weighted by molar-refractivity contribution is 0.291. The molecule has 1 rings (SSSR count). The summed E-state index contributed by atoms with van der Waals surface area (Å²) < 4.78 is 5.52. The molecule has 0 bridgehead atoms. The van der Waals surface area contributed by atoms with Gasteiger partial charge in [0.1, 0.15) is 13.6 Å². The van der Waals surface area contributed by atoms with E-state index in [9.17, 15) is 0 Å². The predicted octanol–water partition coefficient (Wildman–Crippen LogP) is 1.91. The average Bonchev–Trinajstić information content (AvgIpc) is 2.08. The maximum atomic E-state index is 5.71. The number of para-hydroxylation sites is 1. The van der Waals surface area contributed by atoms with Crippen LogP contribution in [0.1, 0.15) is 20.3 Å². The lowest BCUT2D eigenvalue weighted by Gasteiger charge is -2.10. The second kappa shape index (κ2) is 4.95. The molecule has 0 spiro atoms. The van der Waals surface area contributed by atoms with Crippen molar-refractivity contribution in [3.8, 4) is 5.75 Å². The Morgan fingerprint density at radius 3 is 2.62 bits per heavy atom. The van der Waals surface area contributed by atoms with Gasteiger partial charge in [0, 0.05) is 0 Å². The molecule has 2 heteroatoms. The molecule has 0 aromatic heterocycles. The van der Waals surface area contributed by atoms with E-state index < -0.39 is 0 Å². The molecule has 0 aliphatic rings. The summed E-state index contributed by atoms with van der Waals surface area (Å²) >= 11 is 0. The van der Waals surface area contributed by atoms with E-state index in [0.717, 1.165) is 18.8 Å². The van der Waals surface area contributed by atoms with Gasteiger partial charge in [-0.3, -0.25) is 0 Å². The Hall–Kier alpha value is -0.915. The van der Waals surface area contributed by atoms with E-state index in [1.807, 2.05) is 24.3 Å². The van der Waals surface area contributed by atoms with Crippen molar-refractivity contribution in [3.63, 3.8) is 0 Å². The lowest BCUT2D eigenvalue weighted by atomic mass is 9.95. The minimum absolute atomic E-state index is 0.671. The van der Waals surface area contributed by atoms with Gasteiger partial charge in [-0.25, -0.2) is 0 Å². The minimum atomic E-state index is 0.671. The van der Waals surface area contributed by atoms with Crippen molar-refractivity contribution in [1.29, 1.82) is 0 Å². The first kappa shape index (κ1) is 10.2. The second-order valence-electron chi connectivity index (χ2n) is 3.57. The van der Waals surface area contributed by atoms with Crippen LogP contribution in [-0.4, -0.2) is 14.5 Å². The summed E-state index contributed by atoms with van der Waals surface area (Å²) in [7, 11) is 5.71. The zero-order chi connectivity index (χ0) is 9.68. The molecule has 0 aliphatic heterocycles. The van der Waals surface area contributed by atoms with E-state index in [1.165, 1.54) is 0 Å². The van der Waals surface area contributed by atoms with Crippen molar-refractivity contribution in [2.75, 3.05) is 6.61 Å². The Labute approximate surface area is 81.5 Å². The summed E-state index contributed by atoms with van der Waals surface area (Å²) in [6.45, 7) is 5.10. The standard InChI is InChI=1S/C11H15BO/c1-9(2)7-8-13-11-6-4-3-5-10(11)12/h3-6,9H,7-8H2,1-2H3. The van der Waals surface area contributed by atoms with Crippen LogP contribution in [0.5, 0.6) is 5.75 Å². The van der Waals surface area contributed by atoms with Gasteiger partial charge >= 0.3 is 0 Å². The first-order valence-corrected chi connectivity index (χ1v) is 4.67. The largest absolute Gasteiger partial charge is 0.494 e. The van der Waals surface area contributed by atoms with Crippen LogP contribution in [0.15, 0.2) is 24.3 Å². The minimum Gasteiger partial charge on any atom is -0.494 e. The molecule has 1 aromatic rings. The second-order valence-corrected chi connectivity index (χ2v) is 3.57. The molecule has 0 saturated carbocycles.